The van der Waals surface area contributed by atoms with Gasteiger partial charge in [-0.3, -0.25) is 0 Å². The first-order valence-electron chi connectivity index (χ1n) is 12.4. The van der Waals surface area contributed by atoms with Gasteiger partial charge in [0.05, 0.1) is 26.2 Å². The van der Waals surface area contributed by atoms with Crippen LogP contribution < -0.4 is 5.11 Å². The minimum atomic E-state index is -0.922. The first kappa shape index (κ1) is 29.6. The van der Waals surface area contributed by atoms with Crippen molar-refractivity contribution in [1.29, 1.82) is 0 Å². The van der Waals surface area contributed by atoms with E-state index in [-0.39, 0.29) is 6.42 Å². The zero-order chi connectivity index (χ0) is 21.7. The second-order valence-electron chi connectivity index (χ2n) is 9.02. The molecule has 0 bridgehead atoms. The smallest absolute Gasteiger partial charge is 0.0786 e. The van der Waals surface area contributed by atoms with Crippen molar-refractivity contribution in [3.8, 4) is 0 Å². The number of hydrogen-bond acceptors (Lipinski definition) is 2. The molecule has 0 aliphatic heterocycles. The summed E-state index contributed by atoms with van der Waals surface area (Å²) in [4.78, 5) is 9.99. The molecule has 0 rings (SSSR count). The van der Waals surface area contributed by atoms with Gasteiger partial charge in [0, 0.05) is 5.97 Å². The van der Waals surface area contributed by atoms with E-state index in [0.29, 0.717) is 0 Å². The molecule has 3 heteroatoms. The molecular formula is C25H53NO2. The van der Waals surface area contributed by atoms with E-state index in [1.807, 2.05) is 0 Å². The van der Waals surface area contributed by atoms with E-state index >= 15 is 0 Å². The third-order valence-electron chi connectivity index (χ3n) is 5.61. The van der Waals surface area contributed by atoms with Gasteiger partial charge < -0.3 is 14.4 Å². The van der Waals surface area contributed by atoms with Crippen LogP contribution in [0.25, 0.3) is 0 Å². The minimum absolute atomic E-state index is 0.220. The molecule has 0 radical (unpaired) electrons. The number of unbranched alkanes of at least 4 members (excludes halogenated alkanes) is 6. The van der Waals surface area contributed by atoms with Crippen LogP contribution >= 0.6 is 0 Å². The first-order chi connectivity index (χ1) is 13.4. The Morgan fingerprint density at radius 3 is 1.36 bits per heavy atom. The Morgan fingerprint density at radius 1 is 0.679 bits per heavy atom. The highest BCUT2D eigenvalue weighted by Gasteiger charge is 2.24. The third kappa shape index (κ3) is 20.2. The van der Waals surface area contributed by atoms with Gasteiger partial charge in [-0.25, -0.2) is 0 Å². The zero-order valence-electron chi connectivity index (χ0n) is 20.4. The lowest BCUT2D eigenvalue weighted by atomic mass is 10.0. The number of aliphatic carboxylic acids is 1. The van der Waals surface area contributed by atoms with Crippen molar-refractivity contribution in [2.45, 2.75) is 125 Å². The van der Waals surface area contributed by atoms with Crippen LogP contribution in [0.15, 0.2) is 0 Å². The molecule has 0 spiro atoms. The molecule has 0 amide bonds. The molecule has 0 aliphatic carbocycles. The van der Waals surface area contributed by atoms with E-state index in [9.17, 15) is 9.90 Å². The summed E-state index contributed by atoms with van der Waals surface area (Å²) in [6.45, 7) is 19.4. The molecule has 0 saturated carbocycles. The van der Waals surface area contributed by atoms with E-state index in [1.54, 1.807) is 0 Å². The Kier molecular flexibility index (Phi) is 22.4. The lowest BCUT2D eigenvalue weighted by Crippen LogP contribution is -2.50. The normalized spacial score (nSPS) is 11.4. The summed E-state index contributed by atoms with van der Waals surface area (Å²) in [6.07, 6.45) is 15.4. The fourth-order valence-electron chi connectivity index (χ4n) is 3.64. The van der Waals surface area contributed by atoms with Crippen LogP contribution in [0.2, 0.25) is 0 Å². The summed E-state index contributed by atoms with van der Waals surface area (Å²) in [5.41, 5.74) is 0. The van der Waals surface area contributed by atoms with E-state index < -0.39 is 5.97 Å². The number of hydrogen-bond donors (Lipinski definition) is 0. The SMILES string of the molecule is CC(C)CCCCCC(=O)[O-].CCCC[N+](CCCC)(CCCC)CCCC. The van der Waals surface area contributed by atoms with E-state index in [1.165, 1.54) is 88.4 Å². The second kappa shape index (κ2) is 21.1. The minimum Gasteiger partial charge on any atom is -0.550 e. The highest BCUT2D eigenvalue weighted by molar-refractivity contribution is 5.63. The zero-order valence-corrected chi connectivity index (χ0v) is 20.4. The summed E-state index contributed by atoms with van der Waals surface area (Å²) in [5.74, 6) is -0.187. The summed E-state index contributed by atoms with van der Waals surface area (Å²) in [6, 6.07) is 0. The molecule has 0 saturated heterocycles. The Balaban J connectivity index is 0. The second-order valence-corrected chi connectivity index (χ2v) is 9.02. The number of nitrogens with zero attached hydrogens (tertiary/aromatic N) is 1. The monoisotopic (exact) mass is 399 g/mol. The molecule has 3 nitrogen and oxygen atoms in total. The number of carboxylic acid groups (broad SMARTS) is 1. The maximum atomic E-state index is 9.99. The molecule has 0 fully saturated rings. The maximum absolute atomic E-state index is 9.99. The third-order valence-corrected chi connectivity index (χ3v) is 5.61. The number of carboxylic acids is 1. The van der Waals surface area contributed by atoms with Crippen LogP contribution in [0.5, 0.6) is 0 Å². The van der Waals surface area contributed by atoms with Gasteiger partial charge in [-0.1, -0.05) is 86.5 Å². The Bertz CT molecular complexity index is 291. The van der Waals surface area contributed by atoms with Gasteiger partial charge in [0.15, 0.2) is 0 Å². The van der Waals surface area contributed by atoms with Crippen molar-refractivity contribution in [1.82, 2.24) is 0 Å². The van der Waals surface area contributed by atoms with Gasteiger partial charge in [0.1, 0.15) is 0 Å². The molecule has 170 valence electrons. The average Bonchev–Trinajstić information content (AvgIpc) is 2.66. The molecule has 0 aromatic rings. The number of carbonyl (C=O) groups excluding carboxylic acids is 1. The van der Waals surface area contributed by atoms with Crippen LogP contribution in [-0.2, 0) is 4.79 Å². The summed E-state index contributed by atoms with van der Waals surface area (Å²) in [7, 11) is 0. The van der Waals surface area contributed by atoms with Crippen molar-refractivity contribution in [3.63, 3.8) is 0 Å². The summed E-state index contributed by atoms with van der Waals surface area (Å²) in [5, 5.41) is 9.99. The predicted molar refractivity (Wildman–Crippen MR) is 122 cm³/mol. The van der Waals surface area contributed by atoms with E-state index in [2.05, 4.69) is 41.5 Å². The molecule has 0 aromatic heterocycles. The largest absolute Gasteiger partial charge is 0.550 e. The lowest BCUT2D eigenvalue weighted by Gasteiger charge is -2.39. The Morgan fingerprint density at radius 2 is 1.07 bits per heavy atom. The van der Waals surface area contributed by atoms with Crippen molar-refractivity contribution < 1.29 is 14.4 Å². The fraction of sp³-hybridized carbons (Fsp3) is 0.960. The Hall–Kier alpha value is -0.570. The molecule has 0 atom stereocenters. The average molecular weight is 400 g/mol. The number of quaternary nitrogens is 1. The van der Waals surface area contributed by atoms with Gasteiger partial charge in [0.2, 0.25) is 0 Å². The molecule has 0 aliphatic rings. The van der Waals surface area contributed by atoms with E-state index in [4.69, 9.17) is 0 Å². The lowest BCUT2D eigenvalue weighted by molar-refractivity contribution is -0.929. The summed E-state index contributed by atoms with van der Waals surface area (Å²) >= 11 is 0. The standard InChI is InChI=1S/C16H36N.C9H18O2/c1-5-9-13-17(14-10-6-2,15-11-7-3)16-12-8-4;1-8(2)6-4-3-5-7-9(10)11/h5-16H2,1-4H3;8H,3-7H2,1-2H3,(H,10,11)/q+1;/p-1. The highest BCUT2D eigenvalue weighted by atomic mass is 16.4. The van der Waals surface area contributed by atoms with Gasteiger partial charge in [-0.15, -0.1) is 0 Å². The first-order valence-corrected chi connectivity index (χ1v) is 12.4. The van der Waals surface area contributed by atoms with Gasteiger partial charge >= 0.3 is 0 Å². The molecule has 28 heavy (non-hydrogen) atoms. The van der Waals surface area contributed by atoms with Crippen molar-refractivity contribution in [2.24, 2.45) is 5.92 Å². The van der Waals surface area contributed by atoms with Gasteiger partial charge in [0.25, 0.3) is 0 Å². The fourth-order valence-corrected chi connectivity index (χ4v) is 3.64. The quantitative estimate of drug-likeness (QED) is 0.199. The highest BCUT2D eigenvalue weighted by Crippen LogP contribution is 2.16. The molecule has 0 N–H and O–H groups in total. The van der Waals surface area contributed by atoms with E-state index in [0.717, 1.165) is 25.2 Å². The molecule has 0 unspecified atom stereocenters. The van der Waals surface area contributed by atoms with Crippen LogP contribution in [0.4, 0.5) is 0 Å². The molecular weight excluding hydrogens is 346 g/mol. The number of rotatable bonds is 18. The maximum Gasteiger partial charge on any atom is 0.0786 e. The van der Waals surface area contributed by atoms with Crippen molar-refractivity contribution >= 4 is 5.97 Å². The Labute approximate surface area is 177 Å². The summed E-state index contributed by atoms with van der Waals surface area (Å²) < 4.78 is 1.42. The van der Waals surface area contributed by atoms with Crippen molar-refractivity contribution in [2.75, 3.05) is 26.2 Å². The topological polar surface area (TPSA) is 40.1 Å². The van der Waals surface area contributed by atoms with Crippen LogP contribution in [0, 0.1) is 5.92 Å². The predicted octanol–water partition coefficient (Wildman–Crippen LogP) is 6.35. The van der Waals surface area contributed by atoms with Crippen LogP contribution in [0.3, 0.4) is 0 Å². The molecule has 0 heterocycles. The van der Waals surface area contributed by atoms with Crippen molar-refractivity contribution in [3.05, 3.63) is 0 Å². The van der Waals surface area contributed by atoms with Gasteiger partial charge in [-0.2, -0.15) is 0 Å². The van der Waals surface area contributed by atoms with Crippen LogP contribution in [0.1, 0.15) is 125 Å². The molecule has 0 aromatic carbocycles. The van der Waals surface area contributed by atoms with Crippen LogP contribution in [-0.4, -0.2) is 36.6 Å². The number of carbonyl (C=O) groups is 1. The van der Waals surface area contributed by atoms with Gasteiger partial charge in [-0.05, 0) is 44.4 Å².